The lowest BCUT2D eigenvalue weighted by Crippen LogP contribution is -2.37. The number of aliphatic carboxylic acids is 1. The Labute approximate surface area is 118 Å². The van der Waals surface area contributed by atoms with Crippen molar-refractivity contribution in [3.8, 4) is 5.75 Å². The van der Waals surface area contributed by atoms with Gasteiger partial charge in [0.25, 0.3) is 0 Å². The molecule has 0 heterocycles. The summed E-state index contributed by atoms with van der Waals surface area (Å²) in [5, 5.41) is 14.0. The van der Waals surface area contributed by atoms with Gasteiger partial charge in [0.1, 0.15) is 5.75 Å². The van der Waals surface area contributed by atoms with E-state index in [1.807, 2.05) is 24.3 Å². The summed E-state index contributed by atoms with van der Waals surface area (Å²) in [6, 6.07) is 7.09. The molecule has 1 unspecified atom stereocenters. The molecule has 0 aromatic heterocycles. The molecule has 2 amide bonds. The molecular weight excluding hydrogens is 260 g/mol. The lowest BCUT2D eigenvalue weighted by Gasteiger charge is -2.12. The molecular formula is C14H20N2O4. The van der Waals surface area contributed by atoms with Gasteiger partial charge in [0.15, 0.2) is 0 Å². The molecule has 6 nitrogen and oxygen atoms in total. The third-order valence-electron chi connectivity index (χ3n) is 2.77. The number of benzene rings is 1. The van der Waals surface area contributed by atoms with Crippen molar-refractivity contribution in [2.45, 2.75) is 19.9 Å². The van der Waals surface area contributed by atoms with Crippen LogP contribution in [0.4, 0.5) is 4.79 Å². The third kappa shape index (κ3) is 5.60. The Morgan fingerprint density at radius 3 is 2.65 bits per heavy atom. The van der Waals surface area contributed by atoms with E-state index in [9.17, 15) is 9.59 Å². The first kappa shape index (κ1) is 15.8. The van der Waals surface area contributed by atoms with Crippen LogP contribution < -0.4 is 15.4 Å². The Morgan fingerprint density at radius 2 is 2.00 bits per heavy atom. The van der Waals surface area contributed by atoms with Crippen molar-refractivity contribution in [3.05, 3.63) is 29.8 Å². The Balaban J connectivity index is 2.34. The molecule has 0 spiro atoms. The lowest BCUT2D eigenvalue weighted by atomic mass is 10.1. The molecule has 0 bridgehead atoms. The Morgan fingerprint density at radius 1 is 1.30 bits per heavy atom. The number of hydrogen-bond acceptors (Lipinski definition) is 3. The summed E-state index contributed by atoms with van der Waals surface area (Å²) >= 11 is 0. The van der Waals surface area contributed by atoms with Crippen LogP contribution >= 0.6 is 0 Å². The average molecular weight is 280 g/mol. The molecule has 110 valence electrons. The maximum Gasteiger partial charge on any atom is 0.315 e. The average Bonchev–Trinajstić information content (AvgIpc) is 2.42. The highest BCUT2D eigenvalue weighted by Gasteiger charge is 2.09. The number of urea groups is 1. The highest BCUT2D eigenvalue weighted by atomic mass is 16.5. The lowest BCUT2D eigenvalue weighted by molar-refractivity contribution is -0.137. The van der Waals surface area contributed by atoms with Gasteiger partial charge in [-0.15, -0.1) is 0 Å². The maximum atomic E-state index is 11.6. The monoisotopic (exact) mass is 280 g/mol. The van der Waals surface area contributed by atoms with Gasteiger partial charge >= 0.3 is 12.0 Å². The van der Waals surface area contributed by atoms with Crippen LogP contribution in [0, 0.1) is 5.92 Å². The maximum absolute atomic E-state index is 11.6. The highest BCUT2D eigenvalue weighted by Crippen LogP contribution is 2.16. The summed E-state index contributed by atoms with van der Waals surface area (Å²) in [4.78, 5) is 22.1. The van der Waals surface area contributed by atoms with Crippen LogP contribution in [0.5, 0.6) is 5.75 Å². The minimum atomic E-state index is -0.867. The van der Waals surface area contributed by atoms with E-state index in [1.165, 1.54) is 0 Å². The Kier molecular flexibility index (Phi) is 6.36. The van der Waals surface area contributed by atoms with E-state index in [1.54, 1.807) is 14.0 Å². The number of carboxylic acid groups (broad SMARTS) is 1. The van der Waals surface area contributed by atoms with Gasteiger partial charge in [0.05, 0.1) is 7.11 Å². The van der Waals surface area contributed by atoms with Crippen molar-refractivity contribution in [3.63, 3.8) is 0 Å². The van der Waals surface area contributed by atoms with Gasteiger partial charge in [-0.1, -0.05) is 25.1 Å². The minimum Gasteiger partial charge on any atom is -0.496 e. The van der Waals surface area contributed by atoms with Crippen LogP contribution in [0.15, 0.2) is 24.3 Å². The summed E-state index contributed by atoms with van der Waals surface area (Å²) in [5.41, 5.74) is 0.878. The van der Waals surface area contributed by atoms with Crippen molar-refractivity contribution in [2.24, 2.45) is 5.92 Å². The van der Waals surface area contributed by atoms with Crippen LogP contribution in [0.1, 0.15) is 18.9 Å². The van der Waals surface area contributed by atoms with E-state index in [0.717, 1.165) is 5.56 Å². The van der Waals surface area contributed by atoms with Crippen molar-refractivity contribution in [2.75, 3.05) is 13.7 Å². The van der Waals surface area contributed by atoms with Gasteiger partial charge in [0, 0.05) is 25.1 Å². The first-order valence-electron chi connectivity index (χ1n) is 6.38. The molecule has 1 atom stereocenters. The SMILES string of the molecule is COc1ccccc1CNC(=O)NCC(C)CC(=O)O. The van der Waals surface area contributed by atoms with Crippen LogP contribution in [0.25, 0.3) is 0 Å². The summed E-state index contributed by atoms with van der Waals surface area (Å²) in [6.07, 6.45) is 0.0345. The van der Waals surface area contributed by atoms with E-state index >= 15 is 0 Å². The summed E-state index contributed by atoms with van der Waals surface area (Å²) < 4.78 is 5.18. The normalized spacial score (nSPS) is 11.5. The highest BCUT2D eigenvalue weighted by molar-refractivity contribution is 5.74. The van der Waals surface area contributed by atoms with Crippen LogP contribution in [-0.2, 0) is 11.3 Å². The van der Waals surface area contributed by atoms with Gasteiger partial charge in [-0.3, -0.25) is 4.79 Å². The van der Waals surface area contributed by atoms with E-state index < -0.39 is 5.97 Å². The second-order valence-corrected chi connectivity index (χ2v) is 4.58. The van der Waals surface area contributed by atoms with Gasteiger partial charge in [-0.05, 0) is 12.0 Å². The van der Waals surface area contributed by atoms with Gasteiger partial charge in [-0.2, -0.15) is 0 Å². The molecule has 0 saturated heterocycles. The predicted octanol–water partition coefficient (Wildman–Crippen LogP) is 1.61. The van der Waals surface area contributed by atoms with Crippen molar-refractivity contribution < 1.29 is 19.4 Å². The summed E-state index contributed by atoms with van der Waals surface area (Å²) in [7, 11) is 1.58. The first-order chi connectivity index (χ1) is 9.52. The fraction of sp³-hybridized carbons (Fsp3) is 0.429. The summed E-state index contributed by atoms with van der Waals surface area (Å²) in [5.74, 6) is -0.259. The quantitative estimate of drug-likeness (QED) is 0.708. The molecule has 1 aromatic carbocycles. The number of carbonyl (C=O) groups excluding carboxylic acids is 1. The zero-order valence-electron chi connectivity index (χ0n) is 11.7. The second-order valence-electron chi connectivity index (χ2n) is 4.58. The summed E-state index contributed by atoms with van der Waals surface area (Å²) in [6.45, 7) is 2.45. The first-order valence-corrected chi connectivity index (χ1v) is 6.38. The van der Waals surface area contributed by atoms with Crippen LogP contribution in [-0.4, -0.2) is 30.8 Å². The number of nitrogens with one attached hydrogen (secondary N) is 2. The third-order valence-corrected chi connectivity index (χ3v) is 2.77. The van der Waals surface area contributed by atoms with Crippen molar-refractivity contribution in [1.29, 1.82) is 0 Å². The van der Waals surface area contributed by atoms with E-state index in [2.05, 4.69) is 10.6 Å². The van der Waals surface area contributed by atoms with Crippen molar-refractivity contribution >= 4 is 12.0 Å². The van der Waals surface area contributed by atoms with Gasteiger partial charge < -0.3 is 20.5 Å². The largest absolute Gasteiger partial charge is 0.496 e. The molecule has 3 N–H and O–H groups in total. The standard InChI is InChI=1S/C14H20N2O4/c1-10(7-13(17)18)8-15-14(19)16-9-11-5-3-4-6-12(11)20-2/h3-6,10H,7-9H2,1-2H3,(H,17,18)(H2,15,16,19). The molecule has 0 fully saturated rings. The van der Waals surface area contributed by atoms with Gasteiger partial charge in [0.2, 0.25) is 0 Å². The predicted molar refractivity (Wildman–Crippen MR) is 74.6 cm³/mol. The zero-order chi connectivity index (χ0) is 15.0. The zero-order valence-corrected chi connectivity index (χ0v) is 11.7. The fourth-order valence-corrected chi connectivity index (χ4v) is 1.72. The number of ether oxygens (including phenoxy) is 1. The number of amides is 2. The molecule has 0 radical (unpaired) electrons. The van der Waals surface area contributed by atoms with Crippen molar-refractivity contribution in [1.82, 2.24) is 10.6 Å². The Hall–Kier alpha value is -2.24. The second kappa shape index (κ2) is 8.04. The number of carboxylic acids is 1. The molecule has 0 saturated carbocycles. The molecule has 1 aromatic rings. The van der Waals surface area contributed by atoms with E-state index in [0.29, 0.717) is 18.8 Å². The van der Waals surface area contributed by atoms with E-state index in [4.69, 9.17) is 9.84 Å². The molecule has 20 heavy (non-hydrogen) atoms. The molecule has 1 rings (SSSR count). The topological polar surface area (TPSA) is 87.7 Å². The van der Waals surface area contributed by atoms with Crippen LogP contribution in [0.3, 0.4) is 0 Å². The number of rotatable bonds is 7. The smallest absolute Gasteiger partial charge is 0.315 e. The molecule has 0 aliphatic rings. The number of para-hydroxylation sites is 1. The number of carbonyl (C=O) groups is 2. The van der Waals surface area contributed by atoms with Crippen LogP contribution in [0.2, 0.25) is 0 Å². The molecule has 0 aliphatic carbocycles. The fourth-order valence-electron chi connectivity index (χ4n) is 1.72. The number of hydrogen-bond donors (Lipinski definition) is 3. The number of methoxy groups -OCH3 is 1. The Bertz CT molecular complexity index is 462. The minimum absolute atomic E-state index is 0.0345. The van der Waals surface area contributed by atoms with Gasteiger partial charge in [-0.25, -0.2) is 4.79 Å². The molecule has 6 heteroatoms. The molecule has 0 aliphatic heterocycles. The van der Waals surface area contributed by atoms with E-state index in [-0.39, 0.29) is 18.4 Å².